The molecule has 0 spiro atoms. The molecule has 0 heterocycles. The molecule has 0 saturated carbocycles. The standard InChI is InChI=1S/C10H21O2P/c1-5-13(6-2,7-3)8-9(4)10(11)12/h9H,5-8H2,1-4H3. The van der Waals surface area contributed by atoms with Gasteiger partial charge in [-0.2, -0.15) is 0 Å². The Balaban J connectivity index is 4.32. The van der Waals surface area contributed by atoms with Crippen LogP contribution in [0.3, 0.4) is 0 Å². The summed E-state index contributed by atoms with van der Waals surface area (Å²) in [7, 11) is -0.970. The van der Waals surface area contributed by atoms with Crippen molar-refractivity contribution in [3.05, 3.63) is 0 Å². The summed E-state index contributed by atoms with van der Waals surface area (Å²) in [5.41, 5.74) is 0. The summed E-state index contributed by atoms with van der Waals surface area (Å²) in [5.74, 6) is -1.16. The summed E-state index contributed by atoms with van der Waals surface area (Å²) in [4.78, 5) is 10.6. The van der Waals surface area contributed by atoms with E-state index in [9.17, 15) is 9.90 Å². The average Bonchev–Trinajstić information content (AvgIpc) is 2.14. The summed E-state index contributed by atoms with van der Waals surface area (Å²) >= 11 is 0. The van der Waals surface area contributed by atoms with Crippen LogP contribution in [0.2, 0.25) is 0 Å². The summed E-state index contributed by atoms with van der Waals surface area (Å²) < 4.78 is 0. The Hall–Kier alpha value is -0.100. The van der Waals surface area contributed by atoms with Gasteiger partial charge in [-0.1, -0.05) is 6.92 Å². The van der Waals surface area contributed by atoms with Crippen LogP contribution >= 0.6 is 7.26 Å². The van der Waals surface area contributed by atoms with Gasteiger partial charge in [-0.05, 0) is 20.8 Å². The van der Waals surface area contributed by atoms with Crippen LogP contribution in [0.15, 0.2) is 0 Å². The minimum Gasteiger partial charge on any atom is -0.550 e. The van der Waals surface area contributed by atoms with Gasteiger partial charge in [0.1, 0.15) is 0 Å². The van der Waals surface area contributed by atoms with Crippen molar-refractivity contribution in [3.8, 4) is 0 Å². The Labute approximate surface area is 82.1 Å². The molecule has 0 aliphatic heterocycles. The van der Waals surface area contributed by atoms with E-state index in [1.54, 1.807) is 6.92 Å². The van der Waals surface area contributed by atoms with Crippen LogP contribution in [0.25, 0.3) is 0 Å². The number of rotatable bonds is 6. The van der Waals surface area contributed by atoms with E-state index in [1.807, 2.05) is 0 Å². The number of carbonyl (C=O) groups excluding carboxylic acids is 1. The van der Waals surface area contributed by atoms with Crippen molar-refractivity contribution < 1.29 is 9.90 Å². The van der Waals surface area contributed by atoms with Crippen LogP contribution in [0.1, 0.15) is 27.7 Å². The summed E-state index contributed by atoms with van der Waals surface area (Å²) in [6.45, 7) is 8.32. The predicted octanol–water partition coefficient (Wildman–Crippen LogP) is 1.45. The second kappa shape index (κ2) is 5.59. The minimum absolute atomic E-state index is 0.270. The number of carboxylic acids is 1. The van der Waals surface area contributed by atoms with Crippen LogP contribution in [-0.2, 0) is 4.79 Å². The van der Waals surface area contributed by atoms with Crippen molar-refractivity contribution in [1.29, 1.82) is 0 Å². The third-order valence-electron chi connectivity index (χ3n) is 3.08. The number of hydrogen-bond acceptors (Lipinski definition) is 2. The molecule has 0 radical (unpaired) electrons. The van der Waals surface area contributed by atoms with Crippen molar-refractivity contribution in [2.75, 3.05) is 24.6 Å². The molecule has 78 valence electrons. The van der Waals surface area contributed by atoms with E-state index in [0.29, 0.717) is 0 Å². The van der Waals surface area contributed by atoms with Gasteiger partial charge in [0.15, 0.2) is 0 Å². The van der Waals surface area contributed by atoms with Crippen LogP contribution in [0, 0.1) is 5.92 Å². The zero-order valence-corrected chi connectivity index (χ0v) is 10.1. The van der Waals surface area contributed by atoms with Gasteiger partial charge in [-0.3, -0.25) is 0 Å². The number of carbonyl (C=O) groups is 1. The predicted molar refractivity (Wildman–Crippen MR) is 57.6 cm³/mol. The Morgan fingerprint density at radius 2 is 1.62 bits per heavy atom. The molecule has 1 atom stereocenters. The lowest BCUT2D eigenvalue weighted by molar-refractivity contribution is -0.310. The molecule has 3 heteroatoms. The largest absolute Gasteiger partial charge is 0.550 e. The third kappa shape index (κ3) is 3.64. The van der Waals surface area contributed by atoms with Crippen molar-refractivity contribution >= 4 is 13.2 Å². The third-order valence-corrected chi connectivity index (χ3v) is 8.42. The Morgan fingerprint density at radius 1 is 1.23 bits per heavy atom. The van der Waals surface area contributed by atoms with E-state index in [1.165, 1.54) is 0 Å². The molecule has 0 rings (SSSR count). The smallest absolute Gasteiger partial charge is 0.0671 e. The topological polar surface area (TPSA) is 40.1 Å². The summed E-state index contributed by atoms with van der Waals surface area (Å²) in [6.07, 6.45) is 4.35. The zero-order chi connectivity index (χ0) is 10.5. The molecule has 0 saturated heterocycles. The van der Waals surface area contributed by atoms with Gasteiger partial charge >= 0.3 is 0 Å². The fourth-order valence-corrected chi connectivity index (χ4v) is 5.14. The Bertz CT molecular complexity index is 156. The lowest BCUT2D eigenvalue weighted by Crippen LogP contribution is -2.33. The van der Waals surface area contributed by atoms with Gasteiger partial charge in [-0.25, -0.2) is 0 Å². The average molecular weight is 204 g/mol. The highest BCUT2D eigenvalue weighted by Crippen LogP contribution is 2.58. The maximum atomic E-state index is 10.6. The van der Waals surface area contributed by atoms with E-state index in [4.69, 9.17) is 0 Å². The van der Waals surface area contributed by atoms with Crippen molar-refractivity contribution in [2.45, 2.75) is 27.7 Å². The quantitative estimate of drug-likeness (QED) is 0.614. The first-order valence-corrected chi connectivity index (χ1v) is 7.60. The van der Waals surface area contributed by atoms with Crippen molar-refractivity contribution in [3.63, 3.8) is 0 Å². The van der Waals surface area contributed by atoms with E-state index < -0.39 is 13.2 Å². The van der Waals surface area contributed by atoms with Crippen LogP contribution in [0.4, 0.5) is 0 Å². The van der Waals surface area contributed by atoms with Gasteiger partial charge in [0, 0.05) is 19.1 Å². The van der Waals surface area contributed by atoms with Crippen LogP contribution in [0.5, 0.6) is 0 Å². The lowest BCUT2D eigenvalue weighted by Gasteiger charge is -2.27. The molecule has 0 aliphatic rings. The van der Waals surface area contributed by atoms with Crippen molar-refractivity contribution in [2.24, 2.45) is 5.92 Å². The summed E-state index contributed by atoms with van der Waals surface area (Å²) in [5, 5.41) is 10.6. The van der Waals surface area contributed by atoms with Crippen LogP contribution in [-0.4, -0.2) is 30.6 Å². The SMILES string of the molecule is CC[P+](CC)(CC)CC(C)C(=O)[O-]. The maximum absolute atomic E-state index is 10.6. The minimum atomic E-state index is -0.970. The maximum Gasteiger partial charge on any atom is 0.0671 e. The lowest BCUT2D eigenvalue weighted by atomic mass is 10.2. The number of aliphatic carboxylic acids is 1. The van der Waals surface area contributed by atoms with E-state index in [2.05, 4.69) is 20.8 Å². The molecule has 0 amide bonds. The summed E-state index contributed by atoms with van der Waals surface area (Å²) in [6, 6.07) is 0. The van der Waals surface area contributed by atoms with Crippen LogP contribution < -0.4 is 5.11 Å². The normalized spacial score (nSPS) is 14.2. The number of carboxylic acid groups (broad SMARTS) is 1. The molecule has 0 aromatic heterocycles. The Morgan fingerprint density at radius 3 is 1.85 bits per heavy atom. The molecule has 0 aromatic carbocycles. The molecule has 2 nitrogen and oxygen atoms in total. The highest BCUT2D eigenvalue weighted by atomic mass is 31.2. The van der Waals surface area contributed by atoms with E-state index >= 15 is 0 Å². The zero-order valence-electron chi connectivity index (χ0n) is 9.17. The second-order valence-corrected chi connectivity index (χ2v) is 8.64. The first-order chi connectivity index (χ1) is 6.01. The molecular formula is C10H21O2P. The molecular weight excluding hydrogens is 183 g/mol. The van der Waals surface area contributed by atoms with Crippen molar-refractivity contribution in [1.82, 2.24) is 0 Å². The Kier molecular flexibility index (Phi) is 5.55. The van der Waals surface area contributed by atoms with Gasteiger partial charge < -0.3 is 9.90 Å². The van der Waals surface area contributed by atoms with Gasteiger partial charge in [0.25, 0.3) is 0 Å². The fraction of sp³-hybridized carbons (Fsp3) is 0.900. The highest BCUT2D eigenvalue weighted by molar-refractivity contribution is 7.75. The van der Waals surface area contributed by atoms with E-state index in [-0.39, 0.29) is 5.92 Å². The molecule has 0 fully saturated rings. The van der Waals surface area contributed by atoms with Gasteiger partial charge in [-0.15, -0.1) is 0 Å². The molecule has 0 aliphatic carbocycles. The van der Waals surface area contributed by atoms with Gasteiger partial charge in [0.2, 0.25) is 0 Å². The first-order valence-electron chi connectivity index (χ1n) is 5.07. The highest BCUT2D eigenvalue weighted by Gasteiger charge is 2.33. The molecule has 0 bridgehead atoms. The van der Waals surface area contributed by atoms with Gasteiger partial charge in [0.05, 0.1) is 24.6 Å². The first kappa shape index (κ1) is 12.9. The monoisotopic (exact) mass is 204 g/mol. The van der Waals surface area contributed by atoms with E-state index in [0.717, 1.165) is 24.6 Å². The molecule has 0 N–H and O–H groups in total. The molecule has 1 unspecified atom stereocenters. The second-order valence-electron chi connectivity index (χ2n) is 3.69. The molecule has 0 aromatic rings. The fourth-order valence-electron chi connectivity index (χ4n) is 1.71. The molecule has 13 heavy (non-hydrogen) atoms. The number of hydrogen-bond donors (Lipinski definition) is 0.